The van der Waals surface area contributed by atoms with Gasteiger partial charge in [0, 0.05) is 33.3 Å². The third kappa shape index (κ3) is 4.33. The largest absolute Gasteiger partial charge is 0.452 e. The fourth-order valence-corrected chi connectivity index (χ4v) is 4.46. The Morgan fingerprint density at radius 3 is 2.37 bits per heavy atom. The lowest BCUT2D eigenvalue weighted by molar-refractivity contribution is -0.383. The molecule has 0 aromatic heterocycles. The van der Waals surface area contributed by atoms with Gasteiger partial charge in [-0.1, -0.05) is 35.9 Å². The molecule has 0 atom stereocenters. The van der Waals surface area contributed by atoms with Gasteiger partial charge in [0.15, 0.2) is 6.61 Å². The number of hydrogen-bond acceptors (Lipinski definition) is 7. The van der Waals surface area contributed by atoms with Gasteiger partial charge >= 0.3 is 5.97 Å². The van der Waals surface area contributed by atoms with Crippen LogP contribution >= 0.6 is 11.6 Å². The normalized spacial score (nSPS) is 12.4. The Bertz CT molecular complexity index is 1660. The van der Waals surface area contributed by atoms with Crippen molar-refractivity contribution in [2.24, 2.45) is 0 Å². The maximum absolute atomic E-state index is 13.5. The summed E-state index contributed by atoms with van der Waals surface area (Å²) in [4.78, 5) is 63.9. The van der Waals surface area contributed by atoms with Crippen molar-refractivity contribution >= 4 is 63.1 Å². The predicted molar refractivity (Wildman–Crippen MR) is 139 cm³/mol. The third-order valence-electron chi connectivity index (χ3n) is 5.89. The number of nitro benzene ring substituents is 1. The van der Waals surface area contributed by atoms with E-state index < -0.39 is 35.2 Å². The average molecular weight is 530 g/mol. The van der Waals surface area contributed by atoms with E-state index in [0.29, 0.717) is 10.7 Å². The number of halogens is 1. The van der Waals surface area contributed by atoms with E-state index in [-0.39, 0.29) is 38.8 Å². The highest BCUT2D eigenvalue weighted by Crippen LogP contribution is 2.37. The Morgan fingerprint density at radius 1 is 0.921 bits per heavy atom. The maximum Gasteiger partial charge on any atom is 0.340 e. The van der Waals surface area contributed by atoms with E-state index >= 15 is 0 Å². The number of nitro groups is 1. The zero-order valence-corrected chi connectivity index (χ0v) is 20.1. The highest BCUT2D eigenvalue weighted by molar-refractivity contribution is 6.37. The molecule has 3 amide bonds. The highest BCUT2D eigenvalue weighted by atomic mass is 35.5. The van der Waals surface area contributed by atoms with Crippen molar-refractivity contribution in [1.29, 1.82) is 0 Å². The van der Waals surface area contributed by atoms with Crippen LogP contribution in [0.2, 0.25) is 5.02 Å². The smallest absolute Gasteiger partial charge is 0.340 e. The molecule has 0 unspecified atom stereocenters. The fraction of sp³-hybridized carbons (Fsp3) is 0.0370. The highest BCUT2D eigenvalue weighted by Gasteiger charge is 2.37. The molecule has 10 nitrogen and oxygen atoms in total. The lowest BCUT2D eigenvalue weighted by Crippen LogP contribution is -2.41. The van der Waals surface area contributed by atoms with E-state index in [1.165, 1.54) is 60.7 Å². The quantitative estimate of drug-likeness (QED) is 0.161. The van der Waals surface area contributed by atoms with E-state index in [9.17, 15) is 29.3 Å². The summed E-state index contributed by atoms with van der Waals surface area (Å²) in [6, 6.07) is 19.1. The SMILES string of the molecule is O=C(COC(=O)c1ccccc1N1C(=O)c2cccc3c([N+](=O)[O-])ccc(c23)C1=O)Nc1cccc(Cl)c1. The fourth-order valence-electron chi connectivity index (χ4n) is 4.27. The van der Waals surface area contributed by atoms with E-state index in [0.717, 1.165) is 4.90 Å². The molecule has 0 fully saturated rings. The number of ether oxygens (including phenoxy) is 1. The summed E-state index contributed by atoms with van der Waals surface area (Å²) in [6.07, 6.45) is 0. The molecule has 1 N–H and O–H groups in total. The van der Waals surface area contributed by atoms with E-state index in [2.05, 4.69) is 5.32 Å². The zero-order chi connectivity index (χ0) is 27.0. The summed E-state index contributed by atoms with van der Waals surface area (Å²) in [5.74, 6) is -3.07. The van der Waals surface area contributed by atoms with Crippen molar-refractivity contribution < 1.29 is 28.8 Å². The van der Waals surface area contributed by atoms with Gasteiger partial charge in [-0.3, -0.25) is 24.5 Å². The zero-order valence-electron chi connectivity index (χ0n) is 19.3. The summed E-state index contributed by atoms with van der Waals surface area (Å²) < 4.78 is 5.16. The van der Waals surface area contributed by atoms with Gasteiger partial charge in [0.05, 0.1) is 21.6 Å². The molecular weight excluding hydrogens is 514 g/mol. The molecule has 11 heteroatoms. The Labute approximate surface area is 219 Å². The number of benzene rings is 4. The number of para-hydroxylation sites is 1. The van der Waals surface area contributed by atoms with Crippen LogP contribution in [-0.2, 0) is 9.53 Å². The number of carbonyl (C=O) groups is 4. The van der Waals surface area contributed by atoms with Crippen LogP contribution in [0, 0.1) is 10.1 Å². The van der Waals surface area contributed by atoms with Gasteiger partial charge in [0.1, 0.15) is 0 Å². The summed E-state index contributed by atoms with van der Waals surface area (Å²) in [5.41, 5.74) is 0.150. The van der Waals surface area contributed by atoms with Gasteiger partial charge in [-0.05, 0) is 48.5 Å². The van der Waals surface area contributed by atoms with Crippen LogP contribution in [0.25, 0.3) is 10.8 Å². The molecule has 1 aliphatic rings. The van der Waals surface area contributed by atoms with Crippen molar-refractivity contribution in [2.45, 2.75) is 0 Å². The van der Waals surface area contributed by atoms with Crippen LogP contribution in [0.5, 0.6) is 0 Å². The second-order valence-electron chi connectivity index (χ2n) is 8.22. The third-order valence-corrected chi connectivity index (χ3v) is 6.12. The molecule has 1 heterocycles. The number of rotatable bonds is 6. The van der Waals surface area contributed by atoms with Gasteiger partial charge in [-0.15, -0.1) is 0 Å². The summed E-state index contributed by atoms with van der Waals surface area (Å²) in [5, 5.41) is 14.8. The molecular formula is C27H16ClN3O7. The standard InChI is InChI=1S/C27H16ClN3O7/c28-15-5-3-6-16(13-15)29-23(32)14-38-27(35)18-7-1-2-10-21(18)30-25(33)19-9-4-8-17-22(31(36)37)12-11-20(24(17)19)26(30)34/h1-13H,14H2,(H,29,32). The lowest BCUT2D eigenvalue weighted by Gasteiger charge is -2.28. The molecule has 0 bridgehead atoms. The predicted octanol–water partition coefficient (Wildman–Crippen LogP) is 5.00. The Kier molecular flexibility index (Phi) is 6.31. The molecule has 0 saturated carbocycles. The van der Waals surface area contributed by atoms with Crippen molar-refractivity contribution in [2.75, 3.05) is 16.8 Å². The number of esters is 1. The summed E-state index contributed by atoms with van der Waals surface area (Å²) >= 11 is 5.90. The molecule has 0 radical (unpaired) electrons. The first-order valence-corrected chi connectivity index (χ1v) is 11.5. The monoisotopic (exact) mass is 529 g/mol. The minimum atomic E-state index is -0.935. The van der Waals surface area contributed by atoms with Gasteiger partial charge in [0.25, 0.3) is 23.4 Å². The van der Waals surface area contributed by atoms with Gasteiger partial charge in [-0.25, -0.2) is 9.69 Å². The Hall–Kier alpha value is -5.09. The molecule has 4 aromatic rings. The van der Waals surface area contributed by atoms with E-state index in [1.807, 2.05) is 0 Å². The summed E-state index contributed by atoms with van der Waals surface area (Å²) in [7, 11) is 0. The molecule has 4 aromatic carbocycles. The lowest BCUT2D eigenvalue weighted by atomic mass is 9.92. The van der Waals surface area contributed by atoms with Crippen LogP contribution in [-0.4, -0.2) is 35.2 Å². The number of non-ortho nitro benzene ring substituents is 1. The number of nitrogens with zero attached hydrogens (tertiary/aromatic N) is 2. The van der Waals surface area contributed by atoms with Gasteiger partial charge in [-0.2, -0.15) is 0 Å². The van der Waals surface area contributed by atoms with E-state index in [1.54, 1.807) is 18.2 Å². The Balaban J connectivity index is 1.44. The van der Waals surface area contributed by atoms with Crippen LogP contribution in [0.1, 0.15) is 31.1 Å². The van der Waals surface area contributed by atoms with E-state index in [4.69, 9.17) is 16.3 Å². The Morgan fingerprint density at radius 2 is 1.63 bits per heavy atom. The average Bonchev–Trinajstić information content (AvgIpc) is 2.90. The molecule has 0 spiro atoms. The number of hydrogen-bond donors (Lipinski definition) is 1. The van der Waals surface area contributed by atoms with Gasteiger partial charge in [0.2, 0.25) is 0 Å². The topological polar surface area (TPSA) is 136 Å². The number of imide groups is 1. The van der Waals surface area contributed by atoms with Crippen LogP contribution in [0.3, 0.4) is 0 Å². The molecule has 188 valence electrons. The molecule has 5 rings (SSSR count). The van der Waals surface area contributed by atoms with Crippen LogP contribution in [0.4, 0.5) is 17.1 Å². The maximum atomic E-state index is 13.5. The number of nitrogens with one attached hydrogen (secondary N) is 1. The number of amides is 3. The van der Waals surface area contributed by atoms with Crippen LogP contribution < -0.4 is 10.2 Å². The minimum Gasteiger partial charge on any atom is -0.452 e. The molecule has 1 aliphatic heterocycles. The molecule has 38 heavy (non-hydrogen) atoms. The van der Waals surface area contributed by atoms with Crippen molar-refractivity contribution in [1.82, 2.24) is 0 Å². The van der Waals surface area contributed by atoms with Gasteiger partial charge < -0.3 is 10.1 Å². The van der Waals surface area contributed by atoms with Crippen molar-refractivity contribution in [3.63, 3.8) is 0 Å². The number of anilines is 2. The van der Waals surface area contributed by atoms with Crippen LogP contribution in [0.15, 0.2) is 78.9 Å². The minimum absolute atomic E-state index is 0.0521. The molecule has 0 aliphatic carbocycles. The first-order valence-electron chi connectivity index (χ1n) is 11.2. The second-order valence-corrected chi connectivity index (χ2v) is 8.65. The first kappa shape index (κ1) is 24.6. The second kappa shape index (κ2) is 9.75. The van der Waals surface area contributed by atoms with Crippen molar-refractivity contribution in [3.05, 3.63) is 111 Å². The molecule has 0 saturated heterocycles. The summed E-state index contributed by atoms with van der Waals surface area (Å²) in [6.45, 7) is -0.632. The first-order chi connectivity index (χ1) is 18.3. The number of carbonyl (C=O) groups excluding carboxylic acids is 4. The van der Waals surface area contributed by atoms with Crippen molar-refractivity contribution in [3.8, 4) is 0 Å².